The lowest BCUT2D eigenvalue weighted by Gasteiger charge is -2.32. The van der Waals surface area contributed by atoms with Crippen LogP contribution in [0.5, 0.6) is 0 Å². The third kappa shape index (κ3) is 1.31. The molecule has 3 nitrogen and oxygen atoms in total. The van der Waals surface area contributed by atoms with Crippen LogP contribution in [0, 0.1) is 5.92 Å². The van der Waals surface area contributed by atoms with Gasteiger partial charge in [0.05, 0.1) is 11.0 Å². The number of nitrogens with two attached hydrogens (primary N) is 1. The molecule has 0 spiro atoms. The van der Waals surface area contributed by atoms with E-state index in [4.69, 9.17) is 5.73 Å². The minimum absolute atomic E-state index is 0.473. The highest BCUT2D eigenvalue weighted by Crippen LogP contribution is 2.38. The number of hydrogen-bond donors (Lipinski definition) is 1. The zero-order valence-corrected chi connectivity index (χ0v) is 9.56. The van der Waals surface area contributed by atoms with Crippen LogP contribution >= 0.6 is 0 Å². The molecule has 1 heterocycles. The van der Waals surface area contributed by atoms with Gasteiger partial charge in [0, 0.05) is 6.04 Å². The fourth-order valence-electron chi connectivity index (χ4n) is 2.62. The van der Waals surface area contributed by atoms with Crippen LogP contribution in [0.25, 0.3) is 11.0 Å². The Morgan fingerprint density at radius 2 is 2.12 bits per heavy atom. The van der Waals surface area contributed by atoms with Gasteiger partial charge in [-0.3, -0.25) is 0 Å². The van der Waals surface area contributed by atoms with Gasteiger partial charge in [0.1, 0.15) is 0 Å². The monoisotopic (exact) mass is 215 g/mol. The number of aromatic nitrogens is 2. The predicted octanol–water partition coefficient (Wildman–Crippen LogP) is 2.98. The quantitative estimate of drug-likeness (QED) is 0.837. The van der Waals surface area contributed by atoms with Crippen LogP contribution in [0.4, 0.5) is 5.95 Å². The molecule has 2 aromatic rings. The number of benzene rings is 1. The number of nitrogens with zero attached hydrogens (tertiary/aromatic N) is 2. The maximum atomic E-state index is 6.02. The summed E-state index contributed by atoms with van der Waals surface area (Å²) in [7, 11) is 0. The first-order valence-corrected chi connectivity index (χ1v) is 6.00. The van der Waals surface area contributed by atoms with Gasteiger partial charge in [0.15, 0.2) is 0 Å². The normalized spacial score (nSPS) is 18.6. The number of imidazole rings is 1. The van der Waals surface area contributed by atoms with Crippen molar-refractivity contribution < 1.29 is 0 Å². The summed E-state index contributed by atoms with van der Waals surface area (Å²) in [5.74, 6) is 1.43. The van der Waals surface area contributed by atoms with Crippen LogP contribution in [0.15, 0.2) is 24.3 Å². The third-order valence-electron chi connectivity index (χ3n) is 3.86. The summed E-state index contributed by atoms with van der Waals surface area (Å²) in [6, 6.07) is 8.66. The van der Waals surface area contributed by atoms with Gasteiger partial charge in [-0.05, 0) is 37.8 Å². The third-order valence-corrected chi connectivity index (χ3v) is 3.86. The largest absolute Gasteiger partial charge is 0.369 e. The van der Waals surface area contributed by atoms with Crippen molar-refractivity contribution in [2.45, 2.75) is 32.2 Å². The van der Waals surface area contributed by atoms with E-state index < -0.39 is 0 Å². The number of nitrogen functional groups attached to an aromatic ring is 1. The smallest absolute Gasteiger partial charge is 0.201 e. The van der Waals surface area contributed by atoms with E-state index in [0.29, 0.717) is 12.0 Å². The molecule has 1 fully saturated rings. The number of anilines is 1. The first-order valence-electron chi connectivity index (χ1n) is 6.00. The Kier molecular flexibility index (Phi) is 2.13. The Morgan fingerprint density at radius 1 is 1.38 bits per heavy atom. The Bertz CT molecular complexity index is 511. The van der Waals surface area contributed by atoms with E-state index in [1.54, 1.807) is 0 Å². The summed E-state index contributed by atoms with van der Waals surface area (Å²) >= 11 is 0. The van der Waals surface area contributed by atoms with Crippen molar-refractivity contribution in [3.63, 3.8) is 0 Å². The minimum atomic E-state index is 0.473. The topological polar surface area (TPSA) is 43.8 Å². The highest BCUT2D eigenvalue weighted by Gasteiger charge is 2.27. The van der Waals surface area contributed by atoms with Crippen molar-refractivity contribution in [2.24, 2.45) is 5.92 Å². The van der Waals surface area contributed by atoms with Crippen molar-refractivity contribution >= 4 is 17.0 Å². The van der Waals surface area contributed by atoms with Crippen molar-refractivity contribution in [3.8, 4) is 0 Å². The molecule has 0 radical (unpaired) electrons. The molecule has 2 N–H and O–H groups in total. The van der Waals surface area contributed by atoms with E-state index in [0.717, 1.165) is 11.4 Å². The van der Waals surface area contributed by atoms with Gasteiger partial charge in [-0.1, -0.05) is 18.6 Å². The molecule has 1 aliphatic rings. The molecule has 3 rings (SSSR count). The fraction of sp³-hybridized carbons (Fsp3) is 0.462. The summed E-state index contributed by atoms with van der Waals surface area (Å²) in [5.41, 5.74) is 8.19. The van der Waals surface area contributed by atoms with E-state index >= 15 is 0 Å². The second-order valence-corrected chi connectivity index (χ2v) is 4.76. The molecule has 0 amide bonds. The van der Waals surface area contributed by atoms with E-state index in [2.05, 4.69) is 22.5 Å². The predicted molar refractivity (Wildman–Crippen MR) is 66.2 cm³/mol. The molecule has 1 aromatic heterocycles. The van der Waals surface area contributed by atoms with Crippen LogP contribution in [-0.4, -0.2) is 9.55 Å². The van der Waals surface area contributed by atoms with E-state index in [9.17, 15) is 0 Å². The lowest BCUT2D eigenvalue weighted by Crippen LogP contribution is -2.23. The molecule has 16 heavy (non-hydrogen) atoms. The van der Waals surface area contributed by atoms with Gasteiger partial charge in [0.25, 0.3) is 0 Å². The van der Waals surface area contributed by atoms with Crippen LogP contribution in [0.1, 0.15) is 32.2 Å². The molecule has 1 aromatic carbocycles. The standard InChI is InChI=1S/C13H17N3/c1-9(10-5-4-6-10)16-12-8-3-2-7-11(12)15-13(16)14/h2-3,7-10H,4-6H2,1H3,(H2,14,15). The Balaban J connectivity index is 2.10. The zero-order chi connectivity index (χ0) is 11.1. The lowest BCUT2D eigenvalue weighted by atomic mass is 9.80. The summed E-state index contributed by atoms with van der Waals surface area (Å²) < 4.78 is 2.19. The van der Waals surface area contributed by atoms with Gasteiger partial charge >= 0.3 is 0 Å². The van der Waals surface area contributed by atoms with Gasteiger partial charge in [-0.15, -0.1) is 0 Å². The van der Waals surface area contributed by atoms with Crippen molar-refractivity contribution in [1.82, 2.24) is 9.55 Å². The minimum Gasteiger partial charge on any atom is -0.369 e. The molecule has 0 aliphatic heterocycles. The highest BCUT2D eigenvalue weighted by atomic mass is 15.2. The zero-order valence-electron chi connectivity index (χ0n) is 9.56. The van der Waals surface area contributed by atoms with Gasteiger partial charge in [-0.2, -0.15) is 0 Å². The van der Waals surface area contributed by atoms with Crippen molar-refractivity contribution in [3.05, 3.63) is 24.3 Å². The number of para-hydroxylation sites is 2. The number of fused-ring (bicyclic) bond motifs is 1. The maximum Gasteiger partial charge on any atom is 0.201 e. The van der Waals surface area contributed by atoms with E-state index in [-0.39, 0.29) is 0 Å². The molecular formula is C13H17N3. The summed E-state index contributed by atoms with van der Waals surface area (Å²) in [6.07, 6.45) is 4.02. The Labute approximate surface area is 95.3 Å². The van der Waals surface area contributed by atoms with Gasteiger partial charge < -0.3 is 10.3 Å². The maximum absolute atomic E-state index is 6.02. The van der Waals surface area contributed by atoms with Crippen LogP contribution < -0.4 is 5.73 Å². The fourth-order valence-corrected chi connectivity index (χ4v) is 2.62. The van der Waals surface area contributed by atoms with E-state index in [1.165, 1.54) is 24.8 Å². The molecular weight excluding hydrogens is 198 g/mol. The Morgan fingerprint density at radius 3 is 2.81 bits per heavy atom. The summed E-state index contributed by atoms with van der Waals surface area (Å²) in [5, 5.41) is 0. The number of hydrogen-bond acceptors (Lipinski definition) is 2. The first-order chi connectivity index (χ1) is 7.77. The second-order valence-electron chi connectivity index (χ2n) is 4.76. The first kappa shape index (κ1) is 9.70. The van der Waals surface area contributed by atoms with Gasteiger partial charge in [0.2, 0.25) is 5.95 Å². The van der Waals surface area contributed by atoms with Crippen LogP contribution in [0.3, 0.4) is 0 Å². The molecule has 0 saturated heterocycles. The molecule has 1 atom stereocenters. The molecule has 1 aliphatic carbocycles. The van der Waals surface area contributed by atoms with Crippen molar-refractivity contribution in [2.75, 3.05) is 5.73 Å². The molecule has 0 bridgehead atoms. The summed E-state index contributed by atoms with van der Waals surface area (Å²) in [4.78, 5) is 4.42. The SMILES string of the molecule is CC(C1CCC1)n1c(N)nc2ccccc21. The molecule has 84 valence electrons. The van der Waals surface area contributed by atoms with Crippen LogP contribution in [-0.2, 0) is 0 Å². The summed E-state index contributed by atoms with van der Waals surface area (Å²) in [6.45, 7) is 2.26. The Hall–Kier alpha value is -1.51. The average Bonchev–Trinajstić information content (AvgIpc) is 2.50. The average molecular weight is 215 g/mol. The molecule has 1 unspecified atom stereocenters. The van der Waals surface area contributed by atoms with Gasteiger partial charge in [-0.25, -0.2) is 4.98 Å². The lowest BCUT2D eigenvalue weighted by molar-refractivity contribution is 0.227. The highest BCUT2D eigenvalue weighted by molar-refractivity contribution is 5.78. The molecule has 1 saturated carbocycles. The second kappa shape index (κ2) is 3.51. The van der Waals surface area contributed by atoms with Crippen molar-refractivity contribution in [1.29, 1.82) is 0 Å². The van der Waals surface area contributed by atoms with E-state index in [1.807, 2.05) is 18.2 Å². The number of rotatable bonds is 2. The van der Waals surface area contributed by atoms with Crippen LogP contribution in [0.2, 0.25) is 0 Å². The molecule has 3 heteroatoms.